The molecule has 0 aliphatic heterocycles. The quantitative estimate of drug-likeness (QED) is 0.0676. The smallest absolute Gasteiger partial charge is 0.308 e. The molecule has 3 saturated carbocycles. The van der Waals surface area contributed by atoms with E-state index in [0.717, 1.165) is 54.8 Å². The molecular formula is C44H77NO7. The lowest BCUT2D eigenvalue weighted by molar-refractivity contribution is -0.152. The second-order valence-corrected chi connectivity index (χ2v) is 18.9. The van der Waals surface area contributed by atoms with Gasteiger partial charge in [0.05, 0.1) is 59.3 Å². The number of allylic oxidation sites excluding steroid dienone is 1. The Kier molecular flexibility index (Phi) is 17.0. The third kappa shape index (κ3) is 12.5. The highest BCUT2D eigenvalue weighted by molar-refractivity contribution is 5.76. The molecule has 0 aromatic heterocycles. The number of esters is 1. The summed E-state index contributed by atoms with van der Waals surface area (Å²) in [5, 5.41) is 2.87. The molecule has 8 nitrogen and oxygen atoms in total. The topological polar surface area (TPSA) is 92.3 Å². The summed E-state index contributed by atoms with van der Waals surface area (Å²) in [5.74, 6) is 4.93. The molecule has 0 heterocycles. The molecular weight excluding hydrogens is 654 g/mol. The molecule has 52 heavy (non-hydrogen) atoms. The molecule has 0 aromatic carbocycles. The van der Waals surface area contributed by atoms with Gasteiger partial charge in [0, 0.05) is 19.4 Å². The Morgan fingerprint density at radius 2 is 1.48 bits per heavy atom. The van der Waals surface area contributed by atoms with Crippen LogP contribution in [0.2, 0.25) is 0 Å². The monoisotopic (exact) mass is 732 g/mol. The number of ether oxygens (including phenoxy) is 5. The van der Waals surface area contributed by atoms with Crippen LogP contribution in [0.5, 0.6) is 0 Å². The molecule has 4 rings (SSSR count). The van der Waals surface area contributed by atoms with Crippen LogP contribution in [-0.2, 0) is 33.3 Å². The second kappa shape index (κ2) is 20.4. The number of fused-ring (bicyclic) bond motifs is 5. The number of hydrogen-bond donors (Lipinski definition) is 1. The highest BCUT2D eigenvalue weighted by Gasteiger charge is 2.59. The zero-order valence-electron chi connectivity index (χ0n) is 34.5. The largest absolute Gasteiger partial charge is 0.462 e. The molecule has 0 radical (unpaired) electrons. The van der Waals surface area contributed by atoms with E-state index in [2.05, 4.69) is 46.0 Å². The molecule has 4 aliphatic carbocycles. The molecule has 3 fully saturated rings. The number of carbonyl (C=O) groups is 2. The van der Waals surface area contributed by atoms with Crippen LogP contribution in [0.4, 0.5) is 0 Å². The summed E-state index contributed by atoms with van der Waals surface area (Å²) in [4.78, 5) is 24.5. The van der Waals surface area contributed by atoms with Crippen molar-refractivity contribution in [3.8, 4) is 0 Å². The van der Waals surface area contributed by atoms with Crippen LogP contribution in [-0.4, -0.2) is 77.4 Å². The maximum absolute atomic E-state index is 12.7. The number of amides is 1. The van der Waals surface area contributed by atoms with E-state index in [-0.39, 0.29) is 35.2 Å². The van der Waals surface area contributed by atoms with E-state index in [0.29, 0.717) is 71.2 Å². The molecule has 0 saturated heterocycles. The van der Waals surface area contributed by atoms with Gasteiger partial charge in [-0.15, -0.1) is 0 Å². The van der Waals surface area contributed by atoms with Gasteiger partial charge in [-0.1, -0.05) is 86.3 Å². The first kappa shape index (κ1) is 43.3. The maximum Gasteiger partial charge on any atom is 0.308 e. The highest BCUT2D eigenvalue weighted by atomic mass is 16.6. The van der Waals surface area contributed by atoms with Gasteiger partial charge in [-0.3, -0.25) is 9.59 Å². The normalized spacial score (nSPS) is 30.6. The number of carbonyl (C=O) groups excluding carboxylic acids is 2. The third-order valence-electron chi connectivity index (χ3n) is 13.4. The van der Waals surface area contributed by atoms with Crippen molar-refractivity contribution in [2.45, 2.75) is 145 Å². The summed E-state index contributed by atoms with van der Waals surface area (Å²) < 4.78 is 28.2. The van der Waals surface area contributed by atoms with E-state index in [9.17, 15) is 9.59 Å². The first-order valence-electron chi connectivity index (χ1n) is 21.2. The summed E-state index contributed by atoms with van der Waals surface area (Å²) >= 11 is 0. The standard InChI is InChI=1S/C44H77NO7/c1-32(2)10-9-11-33(3)37-14-15-38-36-13-12-34-30-35(16-19-43(34,7)39(36)17-20-44(37,38)8)52-41(47)18-22-48-24-26-50-28-29-51-27-25-49-23-21-45-40(46)31-42(4,5)6/h12,32-33,35-39H,9-11,13-31H2,1-8H3,(H,45,46)/t33-,35+,36+,37-,38+,39+,43+,44-/m1/s1. The van der Waals surface area contributed by atoms with Crippen molar-refractivity contribution in [3.63, 3.8) is 0 Å². The van der Waals surface area contributed by atoms with Crippen molar-refractivity contribution in [2.75, 3.05) is 59.4 Å². The molecule has 4 aliphatic rings. The lowest BCUT2D eigenvalue weighted by Crippen LogP contribution is -2.51. The van der Waals surface area contributed by atoms with E-state index < -0.39 is 0 Å². The van der Waals surface area contributed by atoms with E-state index in [1.165, 1.54) is 51.4 Å². The Bertz CT molecular complexity index is 1130. The average molecular weight is 732 g/mol. The lowest BCUT2D eigenvalue weighted by Gasteiger charge is -2.58. The van der Waals surface area contributed by atoms with Gasteiger partial charge in [0.25, 0.3) is 0 Å². The van der Waals surface area contributed by atoms with Crippen LogP contribution in [0.1, 0.15) is 139 Å². The maximum atomic E-state index is 12.7. The van der Waals surface area contributed by atoms with Crippen LogP contribution < -0.4 is 5.32 Å². The van der Waals surface area contributed by atoms with Gasteiger partial charge in [0.2, 0.25) is 5.91 Å². The number of nitrogens with one attached hydrogen (secondary N) is 1. The fourth-order valence-electron chi connectivity index (χ4n) is 10.7. The summed E-state index contributed by atoms with van der Waals surface area (Å²) in [6.45, 7) is 22.8. The highest BCUT2D eigenvalue weighted by Crippen LogP contribution is 2.67. The average Bonchev–Trinajstić information content (AvgIpc) is 3.43. The lowest BCUT2D eigenvalue weighted by atomic mass is 9.47. The molecule has 1 N–H and O–H groups in total. The minimum atomic E-state index is -0.153. The van der Waals surface area contributed by atoms with Crippen LogP contribution in [0.3, 0.4) is 0 Å². The van der Waals surface area contributed by atoms with Crippen molar-refractivity contribution in [1.82, 2.24) is 5.32 Å². The summed E-state index contributed by atoms with van der Waals surface area (Å²) in [6, 6.07) is 0. The van der Waals surface area contributed by atoms with Crippen LogP contribution in [0.15, 0.2) is 11.6 Å². The van der Waals surface area contributed by atoms with E-state index in [1.807, 2.05) is 20.8 Å². The van der Waals surface area contributed by atoms with Gasteiger partial charge >= 0.3 is 5.97 Å². The van der Waals surface area contributed by atoms with E-state index in [4.69, 9.17) is 23.7 Å². The van der Waals surface area contributed by atoms with Crippen molar-refractivity contribution in [1.29, 1.82) is 0 Å². The van der Waals surface area contributed by atoms with E-state index in [1.54, 1.807) is 5.57 Å². The van der Waals surface area contributed by atoms with Gasteiger partial charge in [-0.25, -0.2) is 0 Å². The Hall–Kier alpha value is -1.48. The SMILES string of the molecule is CC(C)CCC[C@@H](C)[C@H]1CC[C@H]2[C@@H]3CC=C4C[C@@H](OC(=O)CCOCCOCCOCCOCCNC(=O)CC(C)(C)C)CC[C@]4(C)[C@H]3CC[C@]12C. The van der Waals surface area contributed by atoms with Crippen molar-refractivity contribution >= 4 is 11.9 Å². The predicted octanol–water partition coefficient (Wildman–Crippen LogP) is 8.95. The van der Waals surface area contributed by atoms with E-state index >= 15 is 0 Å². The van der Waals surface area contributed by atoms with Crippen molar-refractivity contribution in [2.24, 2.45) is 51.8 Å². The van der Waals surface area contributed by atoms with Gasteiger partial charge in [0.15, 0.2) is 0 Å². The molecule has 0 unspecified atom stereocenters. The summed E-state index contributed by atoms with van der Waals surface area (Å²) in [6.07, 6.45) is 17.4. The zero-order chi connectivity index (χ0) is 37.8. The Labute approximate surface area is 317 Å². The Morgan fingerprint density at radius 1 is 0.827 bits per heavy atom. The zero-order valence-corrected chi connectivity index (χ0v) is 34.5. The minimum absolute atomic E-state index is 0.00665. The molecule has 8 atom stereocenters. The van der Waals surface area contributed by atoms with Gasteiger partial charge in [-0.05, 0) is 96.7 Å². The van der Waals surface area contributed by atoms with Gasteiger partial charge < -0.3 is 29.0 Å². The Balaban J connectivity index is 1.04. The van der Waals surface area contributed by atoms with Crippen LogP contribution in [0.25, 0.3) is 0 Å². The second-order valence-electron chi connectivity index (χ2n) is 18.9. The fraction of sp³-hybridized carbons (Fsp3) is 0.909. The predicted molar refractivity (Wildman–Crippen MR) is 208 cm³/mol. The van der Waals surface area contributed by atoms with Crippen LogP contribution in [0, 0.1) is 51.8 Å². The molecule has 300 valence electrons. The Morgan fingerprint density at radius 3 is 2.13 bits per heavy atom. The van der Waals surface area contributed by atoms with Crippen molar-refractivity contribution in [3.05, 3.63) is 11.6 Å². The molecule has 0 bridgehead atoms. The van der Waals surface area contributed by atoms with Crippen LogP contribution >= 0.6 is 0 Å². The van der Waals surface area contributed by atoms with Gasteiger partial charge in [0.1, 0.15) is 6.10 Å². The summed E-state index contributed by atoms with van der Waals surface area (Å²) in [7, 11) is 0. The van der Waals surface area contributed by atoms with Crippen molar-refractivity contribution < 1.29 is 33.3 Å². The minimum Gasteiger partial charge on any atom is -0.462 e. The molecule has 0 aromatic rings. The first-order chi connectivity index (χ1) is 24.7. The number of rotatable bonds is 22. The van der Waals surface area contributed by atoms with Gasteiger partial charge in [-0.2, -0.15) is 0 Å². The third-order valence-corrected chi connectivity index (χ3v) is 13.4. The molecule has 0 spiro atoms. The number of hydrogen-bond acceptors (Lipinski definition) is 7. The molecule has 8 heteroatoms. The summed E-state index contributed by atoms with van der Waals surface area (Å²) in [5.41, 5.74) is 2.34. The molecule has 1 amide bonds. The first-order valence-corrected chi connectivity index (χ1v) is 21.2. The fourth-order valence-corrected chi connectivity index (χ4v) is 10.7.